The van der Waals surface area contributed by atoms with E-state index in [1.165, 1.54) is 0 Å². The average molecular weight is 575 g/mol. The number of pyridine rings is 1. The molecule has 0 aliphatic carbocycles. The van der Waals surface area contributed by atoms with Crippen LogP contribution in [0.3, 0.4) is 0 Å². The monoisotopic (exact) mass is 574 g/mol. The number of carbonyl (C=O) groups is 1. The Kier molecular flexibility index (Phi) is 8.23. The highest BCUT2D eigenvalue weighted by molar-refractivity contribution is 6.32. The molecule has 1 atom stereocenters. The highest BCUT2D eigenvalue weighted by Gasteiger charge is 2.25. The van der Waals surface area contributed by atoms with E-state index in [0.717, 1.165) is 85.7 Å². The number of imidazole rings is 1. The first kappa shape index (κ1) is 27.7. The number of halogens is 1. The Balaban J connectivity index is 1.06. The number of benzene rings is 2. The predicted molar refractivity (Wildman–Crippen MR) is 158 cm³/mol. The summed E-state index contributed by atoms with van der Waals surface area (Å²) < 4.78 is 13.8. The minimum atomic E-state index is -0.925. The molecule has 9 heteroatoms. The summed E-state index contributed by atoms with van der Waals surface area (Å²) in [5, 5.41) is 10.1. The molecule has 4 heterocycles. The van der Waals surface area contributed by atoms with Crippen LogP contribution in [0.5, 0.6) is 5.75 Å². The van der Waals surface area contributed by atoms with Crippen molar-refractivity contribution in [2.24, 2.45) is 5.92 Å². The fourth-order valence-corrected chi connectivity index (χ4v) is 5.99. The van der Waals surface area contributed by atoms with E-state index in [1.54, 1.807) is 12.1 Å². The molecule has 41 heavy (non-hydrogen) atoms. The van der Waals surface area contributed by atoms with Gasteiger partial charge >= 0.3 is 5.97 Å². The van der Waals surface area contributed by atoms with Gasteiger partial charge in [-0.3, -0.25) is 9.88 Å². The van der Waals surface area contributed by atoms with Crippen LogP contribution in [0.2, 0.25) is 5.02 Å². The zero-order valence-corrected chi connectivity index (χ0v) is 24.0. The Morgan fingerprint density at radius 1 is 1.07 bits per heavy atom. The quantitative estimate of drug-likeness (QED) is 0.252. The van der Waals surface area contributed by atoms with Crippen molar-refractivity contribution in [2.45, 2.75) is 58.4 Å². The minimum absolute atomic E-state index is 0.160. The fourth-order valence-electron chi connectivity index (χ4n) is 5.70. The number of aromatic nitrogens is 3. The van der Waals surface area contributed by atoms with Crippen molar-refractivity contribution in [3.05, 3.63) is 88.0 Å². The molecule has 0 amide bonds. The van der Waals surface area contributed by atoms with E-state index in [2.05, 4.69) is 21.6 Å². The number of nitrogens with zero attached hydrogens (tertiary/aromatic N) is 4. The van der Waals surface area contributed by atoms with Gasteiger partial charge in [-0.2, -0.15) is 0 Å². The second-order valence-electron chi connectivity index (χ2n) is 11.2. The molecule has 0 saturated carbocycles. The standard InChI is InChI=1S/C32H35ClN4O4/c1-21-5-8-30(27(33)15-21)41-20-25-4-2-3-24(34-25)16-22-9-12-36(13-10-22)19-31-35-28-7-6-23(32(38)39)17-29(28)37(31)18-26-11-14-40-26/h2-8,15,17,22,26H,9-14,16,18-20H2,1H3,(H,38,39)/t26-/m0/s1. The summed E-state index contributed by atoms with van der Waals surface area (Å²) in [6.45, 7) is 6.59. The molecule has 0 unspecified atom stereocenters. The van der Waals surface area contributed by atoms with Crippen LogP contribution in [-0.4, -0.2) is 56.3 Å². The molecule has 8 nitrogen and oxygen atoms in total. The van der Waals surface area contributed by atoms with Gasteiger partial charge in [0.1, 0.15) is 18.2 Å². The molecule has 2 aliphatic rings. The number of aryl methyl sites for hydroxylation is 1. The van der Waals surface area contributed by atoms with Crippen molar-refractivity contribution < 1.29 is 19.4 Å². The average Bonchev–Trinajstić information content (AvgIpc) is 3.27. The molecule has 2 aliphatic heterocycles. The smallest absolute Gasteiger partial charge is 0.335 e. The van der Waals surface area contributed by atoms with E-state index in [1.807, 2.05) is 37.3 Å². The maximum Gasteiger partial charge on any atom is 0.335 e. The predicted octanol–water partition coefficient (Wildman–Crippen LogP) is 5.91. The number of aromatic carboxylic acids is 1. The van der Waals surface area contributed by atoms with Gasteiger partial charge in [-0.05, 0) is 99.6 Å². The summed E-state index contributed by atoms with van der Waals surface area (Å²) in [5.41, 5.74) is 5.07. The topological polar surface area (TPSA) is 89.7 Å². The number of piperidine rings is 1. The van der Waals surface area contributed by atoms with E-state index in [-0.39, 0.29) is 11.7 Å². The normalized spacial score (nSPS) is 18.0. The van der Waals surface area contributed by atoms with Crippen LogP contribution in [0.1, 0.15) is 52.4 Å². The van der Waals surface area contributed by atoms with Gasteiger partial charge in [0.2, 0.25) is 0 Å². The van der Waals surface area contributed by atoms with Gasteiger partial charge in [0.25, 0.3) is 0 Å². The first-order valence-electron chi connectivity index (χ1n) is 14.3. The highest BCUT2D eigenvalue weighted by atomic mass is 35.5. The lowest BCUT2D eigenvalue weighted by Crippen LogP contribution is -2.36. The number of hydrogen-bond donors (Lipinski definition) is 1. The number of likely N-dealkylation sites (tertiary alicyclic amines) is 1. The van der Waals surface area contributed by atoms with E-state index in [0.29, 0.717) is 29.8 Å². The van der Waals surface area contributed by atoms with Crippen LogP contribution < -0.4 is 4.74 Å². The summed E-state index contributed by atoms with van der Waals surface area (Å²) in [6, 6.07) is 17.1. The van der Waals surface area contributed by atoms with Gasteiger partial charge in [0, 0.05) is 12.3 Å². The number of carboxylic acid groups (broad SMARTS) is 1. The molecule has 2 aromatic carbocycles. The van der Waals surface area contributed by atoms with E-state index in [4.69, 9.17) is 31.0 Å². The lowest BCUT2D eigenvalue weighted by Gasteiger charge is -2.32. The van der Waals surface area contributed by atoms with E-state index >= 15 is 0 Å². The van der Waals surface area contributed by atoms with Gasteiger partial charge in [-0.15, -0.1) is 0 Å². The Bertz CT molecular complexity index is 1540. The third kappa shape index (κ3) is 6.56. The Labute approximate surface area is 244 Å². The van der Waals surface area contributed by atoms with Crippen molar-refractivity contribution in [2.75, 3.05) is 19.7 Å². The maximum absolute atomic E-state index is 11.6. The highest BCUT2D eigenvalue weighted by Crippen LogP contribution is 2.28. The van der Waals surface area contributed by atoms with Gasteiger partial charge in [-0.25, -0.2) is 9.78 Å². The Morgan fingerprint density at radius 3 is 2.61 bits per heavy atom. The van der Waals surface area contributed by atoms with Crippen molar-refractivity contribution in [3.8, 4) is 5.75 Å². The molecular formula is C32H35ClN4O4. The first-order valence-corrected chi connectivity index (χ1v) is 14.7. The van der Waals surface area contributed by atoms with Crippen molar-refractivity contribution in [1.82, 2.24) is 19.4 Å². The SMILES string of the molecule is Cc1ccc(OCc2cccc(CC3CCN(Cc4nc5ccc(C(=O)O)cc5n4C[C@@H]4CCO4)CC3)n2)c(Cl)c1. The molecule has 0 spiro atoms. The molecule has 0 radical (unpaired) electrons. The van der Waals surface area contributed by atoms with E-state index < -0.39 is 5.97 Å². The molecule has 0 bridgehead atoms. The third-order valence-electron chi connectivity index (χ3n) is 8.15. The fraction of sp³-hybridized carbons (Fsp3) is 0.406. The summed E-state index contributed by atoms with van der Waals surface area (Å²) in [7, 11) is 0. The molecule has 2 saturated heterocycles. The molecule has 1 N–H and O–H groups in total. The van der Waals surface area contributed by atoms with Crippen molar-refractivity contribution >= 4 is 28.6 Å². The number of fused-ring (bicyclic) bond motifs is 1. The first-order chi connectivity index (χ1) is 19.9. The number of hydrogen-bond acceptors (Lipinski definition) is 6. The number of ether oxygens (including phenoxy) is 2. The molecule has 2 aromatic heterocycles. The van der Waals surface area contributed by atoms with E-state index in [9.17, 15) is 9.90 Å². The minimum Gasteiger partial charge on any atom is -0.486 e. The second kappa shape index (κ2) is 12.2. The zero-order chi connectivity index (χ0) is 28.3. The van der Waals surface area contributed by atoms with Gasteiger partial charge < -0.3 is 19.1 Å². The summed E-state index contributed by atoms with van der Waals surface area (Å²) in [6.07, 6.45) is 4.31. The van der Waals surface area contributed by atoms with Gasteiger partial charge in [0.05, 0.1) is 46.5 Å². The lowest BCUT2D eigenvalue weighted by atomic mass is 9.92. The van der Waals surface area contributed by atoms with Crippen LogP contribution in [0.4, 0.5) is 0 Å². The van der Waals surface area contributed by atoms with Crippen LogP contribution in [0.15, 0.2) is 54.6 Å². The number of rotatable bonds is 10. The number of carboxylic acids is 1. The summed E-state index contributed by atoms with van der Waals surface area (Å²) in [5.74, 6) is 1.29. The zero-order valence-electron chi connectivity index (χ0n) is 23.3. The van der Waals surface area contributed by atoms with Crippen LogP contribution in [0, 0.1) is 12.8 Å². The summed E-state index contributed by atoms with van der Waals surface area (Å²) >= 11 is 6.32. The van der Waals surface area contributed by atoms with Crippen LogP contribution in [-0.2, 0) is 30.9 Å². The summed E-state index contributed by atoms with van der Waals surface area (Å²) in [4.78, 5) is 23.8. The largest absolute Gasteiger partial charge is 0.486 e. The van der Waals surface area contributed by atoms with Crippen LogP contribution >= 0.6 is 11.6 Å². The van der Waals surface area contributed by atoms with Gasteiger partial charge in [0.15, 0.2) is 0 Å². The molecule has 6 rings (SSSR count). The molecule has 2 fully saturated rings. The molecule has 214 valence electrons. The second-order valence-corrected chi connectivity index (χ2v) is 11.6. The third-order valence-corrected chi connectivity index (χ3v) is 8.45. The maximum atomic E-state index is 11.6. The van der Waals surface area contributed by atoms with Crippen LogP contribution in [0.25, 0.3) is 11.0 Å². The molecule has 4 aromatic rings. The Hall–Kier alpha value is -3.46. The lowest BCUT2D eigenvalue weighted by molar-refractivity contribution is -0.0592. The Morgan fingerprint density at radius 2 is 1.88 bits per heavy atom. The van der Waals surface area contributed by atoms with Gasteiger partial charge in [-0.1, -0.05) is 23.7 Å². The van der Waals surface area contributed by atoms with Crippen molar-refractivity contribution in [3.63, 3.8) is 0 Å². The van der Waals surface area contributed by atoms with Crippen molar-refractivity contribution in [1.29, 1.82) is 0 Å². The molecular weight excluding hydrogens is 540 g/mol.